The molecule has 1 aromatic heterocycles. The summed E-state index contributed by atoms with van der Waals surface area (Å²) in [6.45, 7) is 2.95. The van der Waals surface area contributed by atoms with Crippen LogP contribution in [0.2, 0.25) is 5.15 Å². The zero-order valence-corrected chi connectivity index (χ0v) is 8.60. The van der Waals surface area contributed by atoms with Gasteiger partial charge >= 0.3 is 0 Å². The standard InChI is InChI=1S/C9H11ClN4/c1-6-4-7(2-3-11-6)12-9-5-8(10)13-14-9/h4-5,11H,2-3H2,1H3,(H,13,14). The zero-order valence-electron chi connectivity index (χ0n) is 7.84. The first-order chi connectivity index (χ1) is 6.74. The van der Waals surface area contributed by atoms with Crippen LogP contribution < -0.4 is 5.32 Å². The summed E-state index contributed by atoms with van der Waals surface area (Å²) in [6.07, 6.45) is 2.94. The Morgan fingerprint density at radius 2 is 2.43 bits per heavy atom. The Bertz CT molecular complexity index is 391. The van der Waals surface area contributed by atoms with Crippen LogP contribution in [0.5, 0.6) is 0 Å². The minimum atomic E-state index is 0.513. The molecule has 1 aromatic rings. The number of aromatic amines is 1. The van der Waals surface area contributed by atoms with Crippen molar-refractivity contribution in [3.63, 3.8) is 0 Å². The highest BCUT2D eigenvalue weighted by Gasteiger charge is 2.05. The lowest BCUT2D eigenvalue weighted by atomic mass is 10.1. The molecule has 0 spiro atoms. The van der Waals surface area contributed by atoms with Crippen molar-refractivity contribution >= 4 is 23.1 Å². The van der Waals surface area contributed by atoms with Gasteiger partial charge in [0.15, 0.2) is 5.82 Å². The van der Waals surface area contributed by atoms with E-state index in [1.54, 1.807) is 6.07 Å². The molecule has 0 unspecified atom stereocenters. The number of rotatable bonds is 1. The number of hydrogen-bond acceptors (Lipinski definition) is 3. The van der Waals surface area contributed by atoms with Crippen LogP contribution in [0.4, 0.5) is 5.82 Å². The normalized spacial score (nSPS) is 19.3. The number of nitrogens with one attached hydrogen (secondary N) is 2. The van der Waals surface area contributed by atoms with Gasteiger partial charge in [-0.2, -0.15) is 5.10 Å². The van der Waals surface area contributed by atoms with E-state index in [1.807, 2.05) is 13.0 Å². The van der Waals surface area contributed by atoms with E-state index in [9.17, 15) is 0 Å². The molecule has 4 nitrogen and oxygen atoms in total. The number of aromatic nitrogens is 2. The second-order valence-electron chi connectivity index (χ2n) is 3.18. The van der Waals surface area contributed by atoms with Crippen LogP contribution in [0.25, 0.3) is 0 Å². The van der Waals surface area contributed by atoms with Crippen molar-refractivity contribution in [2.45, 2.75) is 13.3 Å². The second-order valence-corrected chi connectivity index (χ2v) is 3.59. The summed E-state index contributed by atoms with van der Waals surface area (Å²) < 4.78 is 0. The summed E-state index contributed by atoms with van der Waals surface area (Å²) in [6, 6.07) is 1.71. The maximum absolute atomic E-state index is 5.69. The maximum Gasteiger partial charge on any atom is 0.175 e. The Balaban J connectivity index is 2.22. The summed E-state index contributed by atoms with van der Waals surface area (Å²) >= 11 is 5.69. The fourth-order valence-electron chi connectivity index (χ4n) is 1.34. The van der Waals surface area contributed by atoms with Crippen LogP contribution in [-0.4, -0.2) is 22.5 Å². The van der Waals surface area contributed by atoms with Gasteiger partial charge in [0, 0.05) is 30.4 Å². The predicted octanol–water partition coefficient (Wildman–Crippen LogP) is 2.03. The molecule has 0 aromatic carbocycles. The third-order valence-electron chi connectivity index (χ3n) is 1.96. The van der Waals surface area contributed by atoms with Gasteiger partial charge in [-0.15, -0.1) is 0 Å². The number of H-pyrrole nitrogens is 1. The Morgan fingerprint density at radius 3 is 3.07 bits per heavy atom. The first kappa shape index (κ1) is 9.27. The molecular weight excluding hydrogens is 200 g/mol. The van der Waals surface area contributed by atoms with E-state index in [4.69, 9.17) is 11.6 Å². The molecular formula is C9H11ClN4. The van der Waals surface area contributed by atoms with Gasteiger partial charge in [-0.05, 0) is 13.0 Å². The van der Waals surface area contributed by atoms with Crippen LogP contribution in [0, 0.1) is 0 Å². The number of hydrogen-bond donors (Lipinski definition) is 2. The summed E-state index contributed by atoms with van der Waals surface area (Å²) in [5, 5.41) is 10.3. The third-order valence-corrected chi connectivity index (χ3v) is 2.15. The zero-order chi connectivity index (χ0) is 9.97. The van der Waals surface area contributed by atoms with Gasteiger partial charge in [0.1, 0.15) is 5.15 Å². The van der Waals surface area contributed by atoms with Crippen molar-refractivity contribution < 1.29 is 0 Å². The lowest BCUT2D eigenvalue weighted by molar-refractivity contribution is 0.801. The summed E-state index contributed by atoms with van der Waals surface area (Å²) in [7, 11) is 0. The summed E-state index contributed by atoms with van der Waals surface area (Å²) in [4.78, 5) is 4.36. The fraction of sp³-hybridized carbons (Fsp3) is 0.333. The van der Waals surface area contributed by atoms with Gasteiger partial charge in [-0.3, -0.25) is 5.10 Å². The van der Waals surface area contributed by atoms with Gasteiger partial charge in [0.2, 0.25) is 0 Å². The first-order valence-corrected chi connectivity index (χ1v) is 4.82. The average Bonchev–Trinajstić information content (AvgIpc) is 2.51. The number of allylic oxidation sites excluding steroid dienone is 2. The third kappa shape index (κ3) is 2.14. The topological polar surface area (TPSA) is 53.1 Å². The molecule has 0 aliphatic carbocycles. The highest BCUT2D eigenvalue weighted by atomic mass is 35.5. The van der Waals surface area contributed by atoms with E-state index < -0.39 is 0 Å². The second kappa shape index (κ2) is 3.84. The van der Waals surface area contributed by atoms with Crippen LogP contribution >= 0.6 is 11.6 Å². The minimum absolute atomic E-state index is 0.513. The van der Waals surface area contributed by atoms with E-state index in [1.165, 1.54) is 0 Å². The van der Waals surface area contributed by atoms with E-state index in [0.29, 0.717) is 11.0 Å². The van der Waals surface area contributed by atoms with E-state index in [2.05, 4.69) is 20.5 Å². The average molecular weight is 211 g/mol. The smallest absolute Gasteiger partial charge is 0.175 e. The predicted molar refractivity (Wildman–Crippen MR) is 57.1 cm³/mol. The molecule has 0 bridgehead atoms. The molecule has 2 heterocycles. The van der Waals surface area contributed by atoms with Crippen LogP contribution in [0.15, 0.2) is 22.8 Å². The van der Waals surface area contributed by atoms with Crippen LogP contribution in [-0.2, 0) is 0 Å². The highest BCUT2D eigenvalue weighted by Crippen LogP contribution is 2.15. The molecule has 0 saturated heterocycles. The molecule has 5 heteroatoms. The molecule has 1 aliphatic rings. The number of aliphatic imine (C=N–C) groups is 1. The van der Waals surface area contributed by atoms with Crippen molar-refractivity contribution in [1.82, 2.24) is 15.5 Å². The van der Waals surface area contributed by atoms with Gasteiger partial charge in [0.25, 0.3) is 0 Å². The maximum atomic E-state index is 5.69. The Labute approximate surface area is 87.1 Å². The van der Waals surface area contributed by atoms with Gasteiger partial charge in [0.05, 0.1) is 0 Å². The molecule has 2 N–H and O–H groups in total. The van der Waals surface area contributed by atoms with E-state index >= 15 is 0 Å². The van der Waals surface area contributed by atoms with Crippen molar-refractivity contribution in [1.29, 1.82) is 0 Å². The molecule has 2 rings (SSSR count). The monoisotopic (exact) mass is 210 g/mol. The van der Waals surface area contributed by atoms with Crippen molar-refractivity contribution in [2.24, 2.45) is 4.99 Å². The van der Waals surface area contributed by atoms with Crippen LogP contribution in [0.1, 0.15) is 13.3 Å². The first-order valence-electron chi connectivity index (χ1n) is 4.45. The molecule has 74 valence electrons. The molecule has 0 fully saturated rings. The Morgan fingerprint density at radius 1 is 1.57 bits per heavy atom. The van der Waals surface area contributed by atoms with E-state index in [0.717, 1.165) is 24.4 Å². The molecule has 0 atom stereocenters. The van der Waals surface area contributed by atoms with Crippen molar-refractivity contribution in [3.05, 3.63) is 23.0 Å². The number of halogens is 1. The quantitative estimate of drug-likeness (QED) is 0.745. The Kier molecular flexibility index (Phi) is 2.54. The van der Waals surface area contributed by atoms with E-state index in [-0.39, 0.29) is 0 Å². The molecule has 0 saturated carbocycles. The minimum Gasteiger partial charge on any atom is -0.388 e. The lowest BCUT2D eigenvalue weighted by Crippen LogP contribution is -2.21. The highest BCUT2D eigenvalue weighted by molar-refractivity contribution is 6.29. The molecule has 0 amide bonds. The molecule has 1 aliphatic heterocycles. The van der Waals surface area contributed by atoms with Crippen molar-refractivity contribution in [2.75, 3.05) is 6.54 Å². The largest absolute Gasteiger partial charge is 0.388 e. The Hall–Kier alpha value is -1.29. The summed E-state index contributed by atoms with van der Waals surface area (Å²) in [5.74, 6) is 0.635. The fourth-order valence-corrected chi connectivity index (χ4v) is 1.48. The van der Waals surface area contributed by atoms with Gasteiger partial charge in [-0.25, -0.2) is 4.99 Å². The summed E-state index contributed by atoms with van der Waals surface area (Å²) in [5.41, 5.74) is 2.17. The SMILES string of the molecule is CC1=CC(=Nc2cc(Cl)[nH]n2)CCN1. The van der Waals surface area contributed by atoms with Crippen LogP contribution in [0.3, 0.4) is 0 Å². The van der Waals surface area contributed by atoms with Crippen molar-refractivity contribution in [3.8, 4) is 0 Å². The molecule has 0 radical (unpaired) electrons. The van der Waals surface area contributed by atoms with Gasteiger partial charge < -0.3 is 5.32 Å². The number of nitrogens with zero attached hydrogens (tertiary/aromatic N) is 2. The lowest BCUT2D eigenvalue weighted by Gasteiger charge is -2.12. The molecule has 14 heavy (non-hydrogen) atoms. The van der Waals surface area contributed by atoms with Gasteiger partial charge in [-0.1, -0.05) is 11.6 Å².